The highest BCUT2D eigenvalue weighted by atomic mass is 35.5. The number of ether oxygens (including phenoxy) is 2. The van der Waals surface area contributed by atoms with E-state index < -0.39 is 12.0 Å². The summed E-state index contributed by atoms with van der Waals surface area (Å²) < 4.78 is 11.4. The summed E-state index contributed by atoms with van der Waals surface area (Å²) in [7, 11) is 0. The van der Waals surface area contributed by atoms with Crippen LogP contribution in [0.5, 0.6) is 5.75 Å². The number of esters is 1. The normalized spacial score (nSPS) is 15.9. The molecule has 1 aliphatic rings. The maximum Gasteiger partial charge on any atom is 0.338 e. The van der Waals surface area contributed by atoms with Gasteiger partial charge in [-0.1, -0.05) is 49.2 Å². The fraction of sp³-hybridized carbons (Fsp3) is 0.360. The van der Waals surface area contributed by atoms with Crippen molar-refractivity contribution in [3.63, 3.8) is 0 Å². The fourth-order valence-electron chi connectivity index (χ4n) is 3.51. The standard InChI is InChI=1S/C25H29ClN2O4/c1-4-5-12-21-22(24(29)32-16(2)3)23(28-25(30)27-21)18-9-7-11-20(14-18)31-15-17-8-6-10-19(26)13-17/h6-11,13-14,16,23H,4-5,12,15H2,1-3H3,(H2,27,28,30). The third kappa shape index (κ3) is 6.26. The van der Waals surface area contributed by atoms with Gasteiger partial charge in [-0.15, -0.1) is 0 Å². The number of hydrogen-bond donors (Lipinski definition) is 2. The Labute approximate surface area is 193 Å². The molecule has 170 valence electrons. The number of unbranched alkanes of at least 4 members (excludes halogenated alkanes) is 1. The largest absolute Gasteiger partial charge is 0.489 e. The first-order chi connectivity index (χ1) is 15.4. The number of rotatable bonds is 9. The Balaban J connectivity index is 1.89. The SMILES string of the molecule is CCCCC1=C(C(=O)OC(C)C)C(c2cccc(OCc3cccc(Cl)c3)c2)NC(=O)N1. The van der Waals surface area contributed by atoms with Gasteiger partial charge in [0.15, 0.2) is 0 Å². The number of nitrogens with one attached hydrogen (secondary N) is 2. The van der Waals surface area contributed by atoms with Crippen molar-refractivity contribution >= 4 is 23.6 Å². The van der Waals surface area contributed by atoms with E-state index >= 15 is 0 Å². The van der Waals surface area contributed by atoms with Crippen LogP contribution in [0.15, 0.2) is 59.8 Å². The first-order valence-electron chi connectivity index (χ1n) is 10.9. The predicted octanol–water partition coefficient (Wildman–Crippen LogP) is 5.67. The van der Waals surface area contributed by atoms with E-state index in [-0.39, 0.29) is 12.1 Å². The van der Waals surface area contributed by atoms with E-state index in [1.807, 2.05) is 48.5 Å². The molecule has 2 aromatic rings. The number of hydrogen-bond acceptors (Lipinski definition) is 4. The second kappa shape index (κ2) is 11.0. The molecular formula is C25H29ClN2O4. The van der Waals surface area contributed by atoms with E-state index in [0.29, 0.717) is 35.1 Å². The summed E-state index contributed by atoms with van der Waals surface area (Å²) in [6, 6.07) is 13.9. The molecule has 7 heteroatoms. The Kier molecular flexibility index (Phi) is 8.17. The number of amides is 2. The Hall–Kier alpha value is -2.99. The number of carbonyl (C=O) groups excluding carboxylic acids is 2. The van der Waals surface area contributed by atoms with Crippen molar-refractivity contribution in [3.05, 3.63) is 76.0 Å². The maximum absolute atomic E-state index is 13.0. The molecule has 1 aliphatic heterocycles. The molecular weight excluding hydrogens is 428 g/mol. The summed E-state index contributed by atoms with van der Waals surface area (Å²) in [6.07, 6.45) is 2.11. The van der Waals surface area contributed by atoms with Crippen molar-refractivity contribution in [2.75, 3.05) is 0 Å². The molecule has 0 bridgehead atoms. The van der Waals surface area contributed by atoms with Crippen LogP contribution in [0.3, 0.4) is 0 Å². The predicted molar refractivity (Wildman–Crippen MR) is 124 cm³/mol. The van der Waals surface area contributed by atoms with Gasteiger partial charge in [0.1, 0.15) is 12.4 Å². The van der Waals surface area contributed by atoms with E-state index in [4.69, 9.17) is 21.1 Å². The molecule has 32 heavy (non-hydrogen) atoms. The number of allylic oxidation sites excluding steroid dienone is 1. The lowest BCUT2D eigenvalue weighted by Gasteiger charge is -2.30. The van der Waals surface area contributed by atoms with Gasteiger partial charge in [0.05, 0.1) is 17.7 Å². The maximum atomic E-state index is 13.0. The highest BCUT2D eigenvalue weighted by molar-refractivity contribution is 6.30. The van der Waals surface area contributed by atoms with Gasteiger partial charge in [-0.2, -0.15) is 0 Å². The number of halogens is 1. The average Bonchev–Trinajstić information content (AvgIpc) is 2.75. The van der Waals surface area contributed by atoms with Crippen molar-refractivity contribution < 1.29 is 19.1 Å². The minimum atomic E-state index is -0.628. The average molecular weight is 457 g/mol. The quantitative estimate of drug-likeness (QED) is 0.476. The van der Waals surface area contributed by atoms with Crippen LogP contribution in [0.1, 0.15) is 57.2 Å². The molecule has 0 saturated carbocycles. The molecule has 2 N–H and O–H groups in total. The van der Waals surface area contributed by atoms with Crippen LogP contribution < -0.4 is 15.4 Å². The van der Waals surface area contributed by atoms with Crippen molar-refractivity contribution in [1.82, 2.24) is 10.6 Å². The molecule has 0 saturated heterocycles. The zero-order chi connectivity index (χ0) is 23.1. The summed E-state index contributed by atoms with van der Waals surface area (Å²) in [4.78, 5) is 25.4. The molecule has 3 rings (SSSR count). The lowest BCUT2D eigenvalue weighted by atomic mass is 9.93. The van der Waals surface area contributed by atoms with Crippen molar-refractivity contribution in [2.24, 2.45) is 0 Å². The van der Waals surface area contributed by atoms with Crippen LogP contribution in [-0.4, -0.2) is 18.1 Å². The van der Waals surface area contributed by atoms with E-state index in [2.05, 4.69) is 17.6 Å². The number of carbonyl (C=O) groups is 2. The molecule has 0 spiro atoms. The first-order valence-corrected chi connectivity index (χ1v) is 11.2. The summed E-state index contributed by atoms with van der Waals surface area (Å²) in [5.41, 5.74) is 2.73. The number of benzene rings is 2. The van der Waals surface area contributed by atoms with Crippen LogP contribution >= 0.6 is 11.6 Å². The van der Waals surface area contributed by atoms with Crippen LogP contribution in [-0.2, 0) is 16.1 Å². The van der Waals surface area contributed by atoms with E-state index in [1.54, 1.807) is 13.8 Å². The highest BCUT2D eigenvalue weighted by Gasteiger charge is 2.34. The zero-order valence-electron chi connectivity index (χ0n) is 18.6. The van der Waals surface area contributed by atoms with Crippen LogP contribution in [0, 0.1) is 0 Å². The van der Waals surface area contributed by atoms with Gasteiger partial charge in [0.25, 0.3) is 0 Å². The Morgan fingerprint density at radius 2 is 1.94 bits per heavy atom. The van der Waals surface area contributed by atoms with Crippen molar-refractivity contribution in [1.29, 1.82) is 0 Å². The summed E-state index contributed by atoms with van der Waals surface area (Å²) in [5, 5.41) is 6.33. The molecule has 0 radical (unpaired) electrons. The molecule has 1 atom stereocenters. The topological polar surface area (TPSA) is 76.7 Å². The Morgan fingerprint density at radius 3 is 2.66 bits per heavy atom. The van der Waals surface area contributed by atoms with Crippen LogP contribution in [0.4, 0.5) is 4.79 Å². The van der Waals surface area contributed by atoms with Gasteiger partial charge in [0.2, 0.25) is 0 Å². The Morgan fingerprint density at radius 1 is 1.16 bits per heavy atom. The first kappa shape index (κ1) is 23.7. The van der Waals surface area contributed by atoms with Gasteiger partial charge in [-0.05, 0) is 62.1 Å². The summed E-state index contributed by atoms with van der Waals surface area (Å²) in [5.74, 6) is 0.191. The zero-order valence-corrected chi connectivity index (χ0v) is 19.4. The van der Waals surface area contributed by atoms with Gasteiger partial charge in [-0.25, -0.2) is 9.59 Å². The third-order valence-electron chi connectivity index (χ3n) is 4.98. The summed E-state index contributed by atoms with van der Waals surface area (Å²) in [6.45, 7) is 6.02. The molecule has 0 aliphatic carbocycles. The molecule has 2 amide bonds. The highest BCUT2D eigenvalue weighted by Crippen LogP contribution is 2.32. The lowest BCUT2D eigenvalue weighted by molar-refractivity contribution is -0.143. The number of urea groups is 1. The van der Waals surface area contributed by atoms with Crippen LogP contribution in [0.25, 0.3) is 0 Å². The second-order valence-electron chi connectivity index (χ2n) is 7.97. The minimum absolute atomic E-state index is 0.270. The Bertz CT molecular complexity index is 1000. The molecule has 1 unspecified atom stereocenters. The van der Waals surface area contributed by atoms with E-state index in [9.17, 15) is 9.59 Å². The van der Waals surface area contributed by atoms with Gasteiger partial charge in [0, 0.05) is 10.7 Å². The smallest absolute Gasteiger partial charge is 0.338 e. The van der Waals surface area contributed by atoms with Crippen LogP contribution in [0.2, 0.25) is 5.02 Å². The van der Waals surface area contributed by atoms with Gasteiger partial charge in [-0.3, -0.25) is 0 Å². The third-order valence-corrected chi connectivity index (χ3v) is 5.22. The van der Waals surface area contributed by atoms with Gasteiger partial charge >= 0.3 is 12.0 Å². The van der Waals surface area contributed by atoms with Crippen molar-refractivity contribution in [2.45, 2.75) is 58.8 Å². The molecule has 6 nitrogen and oxygen atoms in total. The molecule has 0 fully saturated rings. The minimum Gasteiger partial charge on any atom is -0.489 e. The monoisotopic (exact) mass is 456 g/mol. The van der Waals surface area contributed by atoms with Gasteiger partial charge < -0.3 is 20.1 Å². The summed E-state index contributed by atoms with van der Waals surface area (Å²) >= 11 is 6.05. The molecule has 1 heterocycles. The second-order valence-corrected chi connectivity index (χ2v) is 8.41. The molecule has 0 aromatic heterocycles. The fourth-order valence-corrected chi connectivity index (χ4v) is 3.73. The van der Waals surface area contributed by atoms with E-state index in [0.717, 1.165) is 24.0 Å². The molecule has 2 aromatic carbocycles. The lowest BCUT2D eigenvalue weighted by Crippen LogP contribution is -2.46. The van der Waals surface area contributed by atoms with E-state index in [1.165, 1.54) is 0 Å². The van der Waals surface area contributed by atoms with Crippen molar-refractivity contribution in [3.8, 4) is 5.75 Å².